The lowest BCUT2D eigenvalue weighted by molar-refractivity contribution is -0.364. The lowest BCUT2D eigenvalue weighted by Gasteiger charge is -2.11. The predicted molar refractivity (Wildman–Crippen MR) is 102 cm³/mol. The number of rotatable bonds is 3. The van der Waals surface area contributed by atoms with Crippen molar-refractivity contribution in [1.82, 2.24) is 0 Å². The van der Waals surface area contributed by atoms with Gasteiger partial charge in [0.15, 0.2) is 5.69 Å². The summed E-state index contributed by atoms with van der Waals surface area (Å²) in [6.07, 6.45) is 1.94. The number of benzene rings is 1. The molecule has 2 aromatic rings. The maximum absolute atomic E-state index is 9.65. The van der Waals surface area contributed by atoms with Crippen LogP contribution in [0.1, 0.15) is 34.9 Å². The van der Waals surface area contributed by atoms with Crippen LogP contribution in [0.25, 0.3) is 17.2 Å². The molecule has 0 fully saturated rings. The number of hydrogen-bond acceptors (Lipinski definition) is 5. The van der Waals surface area contributed by atoms with Crippen molar-refractivity contribution in [2.45, 2.75) is 13.8 Å². The number of anilines is 1. The van der Waals surface area contributed by atoms with E-state index in [0.29, 0.717) is 28.3 Å². The van der Waals surface area contributed by atoms with Crippen molar-refractivity contribution in [3.05, 3.63) is 51.7 Å². The van der Waals surface area contributed by atoms with Crippen LogP contribution in [0.4, 0.5) is 5.82 Å². The molecular weight excluding hydrogens is 340 g/mol. The number of pyridine rings is 1. The summed E-state index contributed by atoms with van der Waals surface area (Å²) < 4.78 is 10.8. The smallest absolute Gasteiger partial charge is 0.289 e. The number of nitrogens with one attached hydrogen (secondary N) is 1. The molecule has 6 heteroatoms. The second kappa shape index (κ2) is 6.86. The largest absolute Gasteiger partial charge is 0.497 e. The summed E-state index contributed by atoms with van der Waals surface area (Å²) in [6, 6.07) is 9.89. The Balaban J connectivity index is 2.34. The van der Waals surface area contributed by atoms with Gasteiger partial charge < -0.3 is 9.47 Å². The van der Waals surface area contributed by atoms with Crippen LogP contribution in [-0.4, -0.2) is 14.2 Å². The zero-order valence-corrected chi connectivity index (χ0v) is 15.6. The third-order valence-corrected chi connectivity index (χ3v) is 4.79. The molecule has 27 heavy (non-hydrogen) atoms. The fourth-order valence-electron chi connectivity index (χ4n) is 3.38. The lowest BCUT2D eigenvalue weighted by Crippen LogP contribution is -2.20. The quantitative estimate of drug-likeness (QED) is 0.906. The zero-order chi connectivity index (χ0) is 19.7. The number of fused-ring (bicyclic) bond motifs is 1. The highest BCUT2D eigenvalue weighted by atomic mass is 16.5. The van der Waals surface area contributed by atoms with Gasteiger partial charge in [-0.15, -0.1) is 0 Å². The van der Waals surface area contributed by atoms with Gasteiger partial charge in [-0.2, -0.15) is 10.5 Å². The van der Waals surface area contributed by atoms with Gasteiger partial charge in [0, 0.05) is 11.1 Å². The van der Waals surface area contributed by atoms with E-state index in [9.17, 15) is 10.5 Å². The van der Waals surface area contributed by atoms with Gasteiger partial charge in [-0.3, -0.25) is 5.73 Å². The van der Waals surface area contributed by atoms with E-state index in [2.05, 4.69) is 17.1 Å². The highest BCUT2D eigenvalue weighted by molar-refractivity contribution is 6.08. The molecule has 0 atom stereocenters. The summed E-state index contributed by atoms with van der Waals surface area (Å²) in [6.45, 7) is 3.72. The molecule has 1 aliphatic carbocycles. The minimum atomic E-state index is 0.259. The van der Waals surface area contributed by atoms with E-state index in [-0.39, 0.29) is 5.82 Å². The van der Waals surface area contributed by atoms with Crippen LogP contribution in [-0.2, 0) is 0 Å². The van der Waals surface area contributed by atoms with Crippen molar-refractivity contribution in [3.63, 3.8) is 0 Å². The highest BCUT2D eigenvalue weighted by Gasteiger charge is 2.32. The highest BCUT2D eigenvalue weighted by Crippen LogP contribution is 2.43. The number of nitrogens with zero attached hydrogens (tertiary/aromatic N) is 2. The molecular formula is C21H19N4O2+. The minimum absolute atomic E-state index is 0.259. The SMILES string of the molecule is COc1ccc(OC)c(C=C2C(C)=C(C#N)c3[nH+]c(N)c(C#N)c(C)c32)c1. The Morgan fingerprint density at radius 3 is 2.44 bits per heavy atom. The fraction of sp³-hybridized carbons (Fsp3) is 0.190. The average Bonchev–Trinajstić information content (AvgIpc) is 2.92. The molecule has 0 spiro atoms. The number of allylic oxidation sites excluding steroid dienone is 3. The molecule has 0 aliphatic heterocycles. The van der Waals surface area contributed by atoms with E-state index in [1.165, 1.54) is 0 Å². The molecule has 1 heterocycles. The summed E-state index contributed by atoms with van der Waals surface area (Å²) in [5.41, 5.74) is 11.5. The van der Waals surface area contributed by atoms with Crippen LogP contribution in [0.3, 0.4) is 0 Å². The molecule has 6 nitrogen and oxygen atoms in total. The summed E-state index contributed by atoms with van der Waals surface area (Å²) in [5, 5.41) is 19.1. The molecule has 134 valence electrons. The van der Waals surface area contributed by atoms with Crippen LogP contribution in [0, 0.1) is 29.6 Å². The maximum Gasteiger partial charge on any atom is 0.289 e. The number of hydrogen-bond donors (Lipinski definition) is 1. The normalized spacial score (nSPS) is 13.9. The first-order chi connectivity index (χ1) is 13.0. The molecule has 0 saturated heterocycles. The standard InChI is InChI=1S/C21H18N4O2/c1-11-15(8-13-7-14(26-3)5-6-18(13)27-4)19-12(2)17(10-23)21(24)25-20(19)16(11)9-22/h5-8H,1-4H3,(H2,24,25)/p+1. The molecule has 1 aliphatic rings. The van der Waals surface area contributed by atoms with Crippen LogP contribution in [0.15, 0.2) is 23.8 Å². The zero-order valence-electron chi connectivity index (χ0n) is 15.6. The number of aromatic amines is 1. The molecule has 0 saturated carbocycles. The first-order valence-corrected chi connectivity index (χ1v) is 8.28. The molecule has 0 unspecified atom stereocenters. The Bertz CT molecular complexity index is 1100. The number of H-pyrrole nitrogens is 1. The Kier molecular flexibility index (Phi) is 4.58. The van der Waals surface area contributed by atoms with Gasteiger partial charge in [0.25, 0.3) is 5.82 Å². The predicted octanol–water partition coefficient (Wildman–Crippen LogP) is 3.13. The number of nitrogens with two attached hydrogens (primary N) is 1. The fourth-order valence-corrected chi connectivity index (χ4v) is 3.38. The Hall–Kier alpha value is -3.77. The van der Waals surface area contributed by atoms with Crippen molar-refractivity contribution in [2.75, 3.05) is 20.0 Å². The van der Waals surface area contributed by atoms with Crippen LogP contribution < -0.4 is 20.2 Å². The first-order valence-electron chi connectivity index (χ1n) is 8.28. The van der Waals surface area contributed by atoms with Gasteiger partial charge >= 0.3 is 0 Å². The van der Waals surface area contributed by atoms with E-state index in [1.54, 1.807) is 14.2 Å². The van der Waals surface area contributed by atoms with E-state index in [1.807, 2.05) is 38.1 Å². The first kappa shape index (κ1) is 18.0. The Morgan fingerprint density at radius 2 is 1.85 bits per heavy atom. The van der Waals surface area contributed by atoms with Crippen molar-refractivity contribution in [3.8, 4) is 23.6 Å². The van der Waals surface area contributed by atoms with Gasteiger partial charge in [0.1, 0.15) is 34.8 Å². The molecule has 3 N–H and O–H groups in total. The number of aromatic nitrogens is 1. The second-order valence-corrected chi connectivity index (χ2v) is 6.18. The number of ether oxygens (including phenoxy) is 2. The summed E-state index contributed by atoms with van der Waals surface area (Å²) in [5.74, 6) is 1.64. The second-order valence-electron chi connectivity index (χ2n) is 6.18. The minimum Gasteiger partial charge on any atom is -0.497 e. The average molecular weight is 359 g/mol. The molecule has 3 rings (SSSR count). The van der Waals surface area contributed by atoms with Crippen molar-refractivity contribution in [2.24, 2.45) is 0 Å². The van der Waals surface area contributed by atoms with E-state index >= 15 is 0 Å². The number of nitrogen functional groups attached to an aromatic ring is 1. The summed E-state index contributed by atoms with van der Waals surface area (Å²) in [4.78, 5) is 3.02. The molecule has 1 aromatic carbocycles. The number of methoxy groups -OCH3 is 2. The van der Waals surface area contributed by atoms with Gasteiger partial charge in [-0.05, 0) is 54.8 Å². The van der Waals surface area contributed by atoms with Gasteiger partial charge in [-0.1, -0.05) is 0 Å². The molecule has 1 aromatic heterocycles. The van der Waals surface area contributed by atoms with E-state index in [4.69, 9.17) is 15.2 Å². The van der Waals surface area contributed by atoms with Crippen molar-refractivity contribution in [1.29, 1.82) is 10.5 Å². The number of nitriles is 2. The topological polar surface area (TPSA) is 106 Å². The van der Waals surface area contributed by atoms with Gasteiger partial charge in [-0.25, -0.2) is 4.98 Å². The maximum atomic E-state index is 9.65. The lowest BCUT2D eigenvalue weighted by atomic mass is 9.95. The molecule has 0 radical (unpaired) electrons. The van der Waals surface area contributed by atoms with Crippen LogP contribution >= 0.6 is 0 Å². The van der Waals surface area contributed by atoms with Crippen molar-refractivity contribution < 1.29 is 14.5 Å². The Morgan fingerprint density at radius 1 is 1.11 bits per heavy atom. The van der Waals surface area contributed by atoms with Crippen LogP contribution in [0.2, 0.25) is 0 Å². The summed E-state index contributed by atoms with van der Waals surface area (Å²) in [7, 11) is 3.20. The summed E-state index contributed by atoms with van der Waals surface area (Å²) >= 11 is 0. The van der Waals surface area contributed by atoms with E-state index in [0.717, 1.165) is 27.8 Å². The Labute approximate surface area is 157 Å². The van der Waals surface area contributed by atoms with E-state index < -0.39 is 0 Å². The monoisotopic (exact) mass is 359 g/mol. The molecule has 0 amide bonds. The van der Waals surface area contributed by atoms with Crippen LogP contribution in [0.5, 0.6) is 11.5 Å². The molecule has 0 bridgehead atoms. The van der Waals surface area contributed by atoms with Gasteiger partial charge in [0.2, 0.25) is 0 Å². The van der Waals surface area contributed by atoms with Crippen molar-refractivity contribution >= 4 is 23.0 Å². The third-order valence-electron chi connectivity index (χ3n) is 4.79. The third kappa shape index (κ3) is 2.78. The van der Waals surface area contributed by atoms with Gasteiger partial charge in [0.05, 0.1) is 14.2 Å².